The molecule has 24 heavy (non-hydrogen) atoms. The largest absolute Gasteiger partial charge is 0.497 e. The van der Waals surface area contributed by atoms with Gasteiger partial charge in [-0.25, -0.2) is 0 Å². The van der Waals surface area contributed by atoms with Gasteiger partial charge in [-0.3, -0.25) is 4.79 Å². The number of hydrogen-bond donors (Lipinski definition) is 2. The van der Waals surface area contributed by atoms with Crippen LogP contribution in [0.15, 0.2) is 24.3 Å². The molecule has 0 spiro atoms. The first-order chi connectivity index (χ1) is 11.6. The van der Waals surface area contributed by atoms with E-state index in [0.29, 0.717) is 18.8 Å². The summed E-state index contributed by atoms with van der Waals surface area (Å²) in [5, 5.41) is 12.5. The molecular formula is C20H31NO3. The van der Waals surface area contributed by atoms with Gasteiger partial charge in [0.05, 0.1) is 7.11 Å². The van der Waals surface area contributed by atoms with E-state index in [1.54, 1.807) is 7.11 Å². The number of nitrogens with one attached hydrogen (secondary N) is 1. The summed E-state index contributed by atoms with van der Waals surface area (Å²) in [4.78, 5) is 12.5. The zero-order valence-electron chi connectivity index (χ0n) is 15.0. The lowest BCUT2D eigenvalue weighted by molar-refractivity contribution is -0.122. The van der Waals surface area contributed by atoms with Gasteiger partial charge in [-0.1, -0.05) is 38.3 Å². The maximum atomic E-state index is 12.5. The molecule has 0 bridgehead atoms. The smallest absolute Gasteiger partial charge is 0.220 e. The first kappa shape index (κ1) is 18.8. The molecule has 2 rings (SSSR count). The molecule has 0 aromatic heterocycles. The summed E-state index contributed by atoms with van der Waals surface area (Å²) in [5.41, 5.74) is 1.11. The minimum atomic E-state index is 0.0781. The fourth-order valence-electron chi connectivity index (χ4n) is 3.71. The standard InChI is InChI=1S/C20H31NO3/c1-15(17-9-6-10-18(14-17)24-2)13-20(23)21-19(11-12-22)16-7-4-3-5-8-16/h6,9-10,14-16,19,22H,3-5,7-8,11-13H2,1-2H3,(H,21,23)/t15-,19-/m0/s1. The highest BCUT2D eigenvalue weighted by Gasteiger charge is 2.25. The van der Waals surface area contributed by atoms with Crippen LogP contribution in [-0.2, 0) is 4.79 Å². The maximum Gasteiger partial charge on any atom is 0.220 e. The quantitative estimate of drug-likeness (QED) is 0.763. The molecule has 1 aliphatic rings. The second-order valence-electron chi connectivity index (χ2n) is 6.97. The monoisotopic (exact) mass is 333 g/mol. The van der Waals surface area contributed by atoms with Gasteiger partial charge in [0.15, 0.2) is 0 Å². The van der Waals surface area contributed by atoms with Crippen LogP contribution in [0.1, 0.15) is 63.4 Å². The van der Waals surface area contributed by atoms with Crippen molar-refractivity contribution >= 4 is 5.91 Å². The number of hydrogen-bond acceptors (Lipinski definition) is 3. The third kappa shape index (κ3) is 5.52. The summed E-state index contributed by atoms with van der Waals surface area (Å²) in [6.45, 7) is 2.20. The van der Waals surface area contributed by atoms with E-state index in [1.165, 1.54) is 19.3 Å². The second kappa shape index (κ2) is 9.67. The molecule has 2 atom stereocenters. The van der Waals surface area contributed by atoms with E-state index >= 15 is 0 Å². The van der Waals surface area contributed by atoms with Gasteiger partial charge in [-0.05, 0) is 48.8 Å². The Morgan fingerprint density at radius 1 is 1.33 bits per heavy atom. The highest BCUT2D eigenvalue weighted by Crippen LogP contribution is 2.28. The minimum Gasteiger partial charge on any atom is -0.497 e. The van der Waals surface area contributed by atoms with E-state index in [4.69, 9.17) is 4.74 Å². The fourth-order valence-corrected chi connectivity index (χ4v) is 3.71. The molecule has 0 radical (unpaired) electrons. The number of rotatable bonds is 8. The van der Waals surface area contributed by atoms with E-state index in [1.807, 2.05) is 24.3 Å². The molecule has 1 saturated carbocycles. The van der Waals surface area contributed by atoms with Crippen LogP contribution in [0.5, 0.6) is 5.75 Å². The summed E-state index contributed by atoms with van der Waals surface area (Å²) in [7, 11) is 1.65. The van der Waals surface area contributed by atoms with Crippen molar-refractivity contribution in [3.05, 3.63) is 29.8 Å². The van der Waals surface area contributed by atoms with Crippen LogP contribution in [0.3, 0.4) is 0 Å². The van der Waals surface area contributed by atoms with Gasteiger partial charge in [0.2, 0.25) is 5.91 Å². The van der Waals surface area contributed by atoms with E-state index in [0.717, 1.165) is 24.2 Å². The predicted octanol–water partition coefficient (Wildman–Crippen LogP) is 3.64. The van der Waals surface area contributed by atoms with Crippen molar-refractivity contribution in [1.29, 1.82) is 0 Å². The summed E-state index contributed by atoms with van der Waals surface area (Å²) in [6.07, 6.45) is 7.22. The summed E-state index contributed by atoms with van der Waals surface area (Å²) >= 11 is 0. The van der Waals surface area contributed by atoms with Crippen LogP contribution in [0.4, 0.5) is 0 Å². The van der Waals surface area contributed by atoms with Crippen LogP contribution < -0.4 is 10.1 Å². The van der Waals surface area contributed by atoms with Gasteiger partial charge in [0, 0.05) is 19.1 Å². The molecule has 1 aromatic rings. The van der Waals surface area contributed by atoms with Crippen molar-refractivity contribution in [3.63, 3.8) is 0 Å². The van der Waals surface area contributed by atoms with Gasteiger partial charge in [-0.2, -0.15) is 0 Å². The zero-order valence-corrected chi connectivity index (χ0v) is 15.0. The predicted molar refractivity (Wildman–Crippen MR) is 96.2 cm³/mol. The van der Waals surface area contributed by atoms with Crippen molar-refractivity contribution < 1.29 is 14.6 Å². The van der Waals surface area contributed by atoms with Crippen LogP contribution in [-0.4, -0.2) is 30.8 Å². The van der Waals surface area contributed by atoms with Gasteiger partial charge < -0.3 is 15.2 Å². The van der Waals surface area contributed by atoms with Crippen LogP contribution >= 0.6 is 0 Å². The van der Waals surface area contributed by atoms with Crippen LogP contribution in [0.25, 0.3) is 0 Å². The molecule has 2 N–H and O–H groups in total. The molecule has 4 nitrogen and oxygen atoms in total. The summed E-state index contributed by atoms with van der Waals surface area (Å²) < 4.78 is 5.26. The third-order valence-electron chi connectivity index (χ3n) is 5.16. The van der Waals surface area contributed by atoms with Crippen molar-refractivity contribution in [2.24, 2.45) is 5.92 Å². The first-order valence-corrected chi connectivity index (χ1v) is 9.18. The Morgan fingerprint density at radius 3 is 2.75 bits per heavy atom. The number of methoxy groups -OCH3 is 1. The van der Waals surface area contributed by atoms with Crippen molar-refractivity contribution in [2.45, 2.75) is 63.8 Å². The van der Waals surface area contributed by atoms with Crippen LogP contribution in [0.2, 0.25) is 0 Å². The van der Waals surface area contributed by atoms with Crippen molar-refractivity contribution in [1.82, 2.24) is 5.32 Å². The molecular weight excluding hydrogens is 302 g/mol. The number of ether oxygens (including phenoxy) is 1. The molecule has 0 heterocycles. The lowest BCUT2D eigenvalue weighted by Crippen LogP contribution is -2.42. The fraction of sp³-hybridized carbons (Fsp3) is 0.650. The highest BCUT2D eigenvalue weighted by molar-refractivity contribution is 5.77. The molecule has 1 fully saturated rings. The number of amides is 1. The Balaban J connectivity index is 1.91. The van der Waals surface area contributed by atoms with Crippen molar-refractivity contribution in [3.8, 4) is 5.75 Å². The van der Waals surface area contributed by atoms with E-state index in [9.17, 15) is 9.90 Å². The van der Waals surface area contributed by atoms with Gasteiger partial charge >= 0.3 is 0 Å². The lowest BCUT2D eigenvalue weighted by atomic mass is 9.82. The van der Waals surface area contributed by atoms with Crippen LogP contribution in [0, 0.1) is 5.92 Å². The molecule has 0 saturated heterocycles. The second-order valence-corrected chi connectivity index (χ2v) is 6.97. The topological polar surface area (TPSA) is 58.6 Å². The molecule has 0 unspecified atom stereocenters. The number of aliphatic hydroxyl groups is 1. The average Bonchev–Trinajstić information content (AvgIpc) is 2.62. The number of aliphatic hydroxyl groups excluding tert-OH is 1. The number of benzene rings is 1. The normalized spacial score (nSPS) is 18.0. The van der Waals surface area contributed by atoms with Crippen molar-refractivity contribution in [2.75, 3.05) is 13.7 Å². The Morgan fingerprint density at radius 2 is 2.08 bits per heavy atom. The van der Waals surface area contributed by atoms with E-state index < -0.39 is 0 Å². The highest BCUT2D eigenvalue weighted by atomic mass is 16.5. The Labute approximate surface area is 145 Å². The Hall–Kier alpha value is -1.55. The SMILES string of the molecule is COc1cccc([C@@H](C)CC(=O)N[C@@H](CCO)C2CCCCC2)c1. The van der Waals surface area contributed by atoms with Gasteiger partial charge in [0.25, 0.3) is 0 Å². The van der Waals surface area contributed by atoms with E-state index in [2.05, 4.69) is 12.2 Å². The number of carbonyl (C=O) groups is 1. The summed E-state index contributed by atoms with van der Waals surface area (Å²) in [5.74, 6) is 1.55. The molecule has 134 valence electrons. The Bertz CT molecular complexity index is 511. The average molecular weight is 333 g/mol. The van der Waals surface area contributed by atoms with Gasteiger partial charge in [-0.15, -0.1) is 0 Å². The Kier molecular flexibility index (Phi) is 7.57. The summed E-state index contributed by atoms with van der Waals surface area (Å²) in [6, 6.07) is 8.01. The zero-order chi connectivity index (χ0) is 17.4. The molecule has 1 amide bonds. The molecule has 1 aromatic carbocycles. The maximum absolute atomic E-state index is 12.5. The van der Waals surface area contributed by atoms with E-state index in [-0.39, 0.29) is 24.5 Å². The minimum absolute atomic E-state index is 0.0781. The molecule has 1 aliphatic carbocycles. The molecule has 0 aliphatic heterocycles. The molecule has 4 heteroatoms. The lowest BCUT2D eigenvalue weighted by Gasteiger charge is -2.31. The first-order valence-electron chi connectivity index (χ1n) is 9.18. The number of carbonyl (C=O) groups excluding carboxylic acids is 1. The van der Waals surface area contributed by atoms with Gasteiger partial charge in [0.1, 0.15) is 5.75 Å². The third-order valence-corrected chi connectivity index (χ3v) is 5.16.